The lowest BCUT2D eigenvalue weighted by Crippen LogP contribution is -2.41. The third kappa shape index (κ3) is 3.11. The van der Waals surface area contributed by atoms with Crippen LogP contribution in [0.15, 0.2) is 48.5 Å². The van der Waals surface area contributed by atoms with E-state index in [1.165, 1.54) is 0 Å². The Morgan fingerprint density at radius 2 is 1.88 bits per heavy atom. The number of carbonyl (C=O) groups is 2. The van der Waals surface area contributed by atoms with Crippen LogP contribution in [0.1, 0.15) is 18.4 Å². The molecule has 1 unspecified atom stereocenters. The van der Waals surface area contributed by atoms with Gasteiger partial charge in [0.1, 0.15) is 11.8 Å². The van der Waals surface area contributed by atoms with E-state index in [4.69, 9.17) is 4.74 Å². The Hall–Kier alpha value is -2.82. The molecule has 2 amide bonds. The zero-order valence-corrected chi connectivity index (χ0v) is 13.8. The van der Waals surface area contributed by atoms with Crippen molar-refractivity contribution in [2.45, 2.75) is 25.8 Å². The molecule has 5 nitrogen and oxygen atoms in total. The average molecular weight is 324 g/mol. The second-order valence-corrected chi connectivity index (χ2v) is 5.82. The summed E-state index contributed by atoms with van der Waals surface area (Å²) in [5.74, 6) is 0.516. The summed E-state index contributed by atoms with van der Waals surface area (Å²) in [7, 11) is 1.59. The fourth-order valence-electron chi connectivity index (χ4n) is 2.93. The van der Waals surface area contributed by atoms with Crippen molar-refractivity contribution in [3.63, 3.8) is 0 Å². The van der Waals surface area contributed by atoms with Gasteiger partial charge < -0.3 is 10.1 Å². The predicted molar refractivity (Wildman–Crippen MR) is 93.3 cm³/mol. The molecule has 0 aliphatic carbocycles. The zero-order chi connectivity index (χ0) is 17.1. The molecule has 0 spiro atoms. The smallest absolute Gasteiger partial charge is 0.247 e. The van der Waals surface area contributed by atoms with Gasteiger partial charge in [0.05, 0.1) is 7.11 Å². The lowest BCUT2D eigenvalue weighted by atomic mass is 10.1. The van der Waals surface area contributed by atoms with Crippen LogP contribution in [0.3, 0.4) is 0 Å². The van der Waals surface area contributed by atoms with E-state index in [1.807, 2.05) is 31.2 Å². The van der Waals surface area contributed by atoms with Crippen molar-refractivity contribution in [3.8, 4) is 5.75 Å². The monoisotopic (exact) mass is 324 g/mol. The van der Waals surface area contributed by atoms with E-state index in [1.54, 1.807) is 36.3 Å². The van der Waals surface area contributed by atoms with E-state index in [-0.39, 0.29) is 11.8 Å². The van der Waals surface area contributed by atoms with Crippen molar-refractivity contribution in [2.75, 3.05) is 17.3 Å². The lowest BCUT2D eigenvalue weighted by Gasteiger charge is -2.24. The molecule has 1 heterocycles. The summed E-state index contributed by atoms with van der Waals surface area (Å²) >= 11 is 0. The third-order valence-corrected chi connectivity index (χ3v) is 4.27. The Balaban J connectivity index is 1.81. The van der Waals surface area contributed by atoms with Gasteiger partial charge in [-0.15, -0.1) is 0 Å². The molecule has 1 aliphatic heterocycles. The minimum Gasteiger partial charge on any atom is -0.497 e. The molecule has 1 atom stereocenters. The van der Waals surface area contributed by atoms with Crippen LogP contribution in [-0.2, 0) is 9.59 Å². The number of anilines is 2. The summed E-state index contributed by atoms with van der Waals surface area (Å²) in [6, 6.07) is 14.3. The number of ether oxygens (including phenoxy) is 1. The van der Waals surface area contributed by atoms with Crippen LogP contribution in [0.25, 0.3) is 0 Å². The molecule has 1 saturated heterocycles. The van der Waals surface area contributed by atoms with Crippen LogP contribution in [0, 0.1) is 6.92 Å². The molecule has 3 rings (SSSR count). The molecule has 1 aliphatic rings. The molecule has 0 radical (unpaired) electrons. The summed E-state index contributed by atoms with van der Waals surface area (Å²) in [5, 5.41) is 2.94. The van der Waals surface area contributed by atoms with Crippen molar-refractivity contribution in [2.24, 2.45) is 0 Å². The first-order valence-corrected chi connectivity index (χ1v) is 7.93. The van der Waals surface area contributed by atoms with E-state index >= 15 is 0 Å². The first kappa shape index (κ1) is 16.1. The highest BCUT2D eigenvalue weighted by atomic mass is 16.5. The van der Waals surface area contributed by atoms with Gasteiger partial charge in [-0.2, -0.15) is 0 Å². The maximum absolute atomic E-state index is 12.7. The van der Waals surface area contributed by atoms with E-state index in [9.17, 15) is 9.59 Å². The number of benzene rings is 2. The standard InChI is InChI=1S/C19H20N2O3/c1-13-5-3-4-6-16(13)20-19(23)17-11-12-18(22)21(17)14-7-9-15(24-2)10-8-14/h3-10,17H,11-12H2,1-2H3,(H,20,23). The van der Waals surface area contributed by atoms with Crippen LogP contribution in [-0.4, -0.2) is 25.0 Å². The van der Waals surface area contributed by atoms with Crippen molar-refractivity contribution in [1.29, 1.82) is 0 Å². The average Bonchev–Trinajstić information content (AvgIpc) is 2.99. The highest BCUT2D eigenvalue weighted by Gasteiger charge is 2.37. The molecule has 5 heteroatoms. The summed E-state index contributed by atoms with van der Waals surface area (Å²) in [6.07, 6.45) is 0.889. The highest BCUT2D eigenvalue weighted by Crippen LogP contribution is 2.29. The molecular formula is C19H20N2O3. The maximum Gasteiger partial charge on any atom is 0.247 e. The number of hydrogen-bond acceptors (Lipinski definition) is 3. The fraction of sp³-hybridized carbons (Fsp3) is 0.263. The van der Waals surface area contributed by atoms with Crippen LogP contribution >= 0.6 is 0 Å². The summed E-state index contributed by atoms with van der Waals surface area (Å²) < 4.78 is 5.14. The predicted octanol–water partition coefficient (Wildman–Crippen LogP) is 3.14. The third-order valence-electron chi connectivity index (χ3n) is 4.27. The maximum atomic E-state index is 12.7. The molecule has 1 N–H and O–H groups in total. The number of methoxy groups -OCH3 is 1. The molecule has 0 saturated carbocycles. The van der Waals surface area contributed by atoms with Gasteiger partial charge in [-0.05, 0) is 49.2 Å². The van der Waals surface area contributed by atoms with Gasteiger partial charge >= 0.3 is 0 Å². The minimum atomic E-state index is -0.495. The van der Waals surface area contributed by atoms with Crippen LogP contribution in [0.4, 0.5) is 11.4 Å². The summed E-state index contributed by atoms with van der Waals surface area (Å²) in [5.41, 5.74) is 2.48. The van der Waals surface area contributed by atoms with E-state index < -0.39 is 6.04 Å². The number of nitrogens with one attached hydrogen (secondary N) is 1. The molecule has 24 heavy (non-hydrogen) atoms. The van der Waals surface area contributed by atoms with Gasteiger partial charge in [0, 0.05) is 17.8 Å². The SMILES string of the molecule is COc1ccc(N2C(=O)CCC2C(=O)Nc2ccccc2C)cc1. The van der Waals surface area contributed by atoms with Crippen molar-refractivity contribution >= 4 is 23.2 Å². The second kappa shape index (κ2) is 6.74. The molecule has 0 aromatic heterocycles. The lowest BCUT2D eigenvalue weighted by molar-refractivity contribution is -0.120. The number of hydrogen-bond donors (Lipinski definition) is 1. The van der Waals surface area contributed by atoms with E-state index in [2.05, 4.69) is 5.32 Å². The Morgan fingerprint density at radius 3 is 2.54 bits per heavy atom. The van der Waals surface area contributed by atoms with Gasteiger partial charge in [0.25, 0.3) is 0 Å². The topological polar surface area (TPSA) is 58.6 Å². The molecule has 1 fully saturated rings. The van der Waals surface area contributed by atoms with Crippen LogP contribution < -0.4 is 15.0 Å². The zero-order valence-electron chi connectivity index (χ0n) is 13.8. The van der Waals surface area contributed by atoms with Crippen LogP contribution in [0.5, 0.6) is 5.75 Å². The Morgan fingerprint density at radius 1 is 1.17 bits per heavy atom. The molecule has 2 aromatic rings. The number of rotatable bonds is 4. The fourth-order valence-corrected chi connectivity index (χ4v) is 2.93. The first-order chi connectivity index (χ1) is 11.6. The molecule has 2 aromatic carbocycles. The summed E-state index contributed by atoms with van der Waals surface area (Å²) in [6.45, 7) is 1.94. The number of para-hydroxylation sites is 1. The molecular weight excluding hydrogens is 304 g/mol. The number of carbonyl (C=O) groups excluding carboxylic acids is 2. The van der Waals surface area contributed by atoms with Gasteiger partial charge in [0.2, 0.25) is 11.8 Å². The highest BCUT2D eigenvalue weighted by molar-refractivity contribution is 6.07. The van der Waals surface area contributed by atoms with Gasteiger partial charge in [0.15, 0.2) is 0 Å². The Bertz CT molecular complexity index is 755. The first-order valence-electron chi connectivity index (χ1n) is 7.93. The van der Waals surface area contributed by atoms with Gasteiger partial charge in [-0.1, -0.05) is 18.2 Å². The second-order valence-electron chi connectivity index (χ2n) is 5.82. The van der Waals surface area contributed by atoms with Crippen LogP contribution in [0.2, 0.25) is 0 Å². The van der Waals surface area contributed by atoms with Gasteiger partial charge in [-0.25, -0.2) is 0 Å². The Kier molecular flexibility index (Phi) is 4.51. The molecule has 124 valence electrons. The summed E-state index contributed by atoms with van der Waals surface area (Å²) in [4.78, 5) is 26.5. The number of amides is 2. The minimum absolute atomic E-state index is 0.0369. The quantitative estimate of drug-likeness (QED) is 0.940. The van der Waals surface area contributed by atoms with Crippen molar-refractivity contribution in [1.82, 2.24) is 0 Å². The van der Waals surface area contributed by atoms with Crippen molar-refractivity contribution in [3.05, 3.63) is 54.1 Å². The Labute approximate surface area is 141 Å². The number of nitrogens with zero attached hydrogens (tertiary/aromatic N) is 1. The van der Waals surface area contributed by atoms with Gasteiger partial charge in [-0.3, -0.25) is 14.5 Å². The van der Waals surface area contributed by atoms with E-state index in [0.717, 1.165) is 11.3 Å². The van der Waals surface area contributed by atoms with Crippen molar-refractivity contribution < 1.29 is 14.3 Å². The molecule has 0 bridgehead atoms. The largest absolute Gasteiger partial charge is 0.497 e. The number of aryl methyl sites for hydroxylation is 1. The normalized spacial score (nSPS) is 17.0. The van der Waals surface area contributed by atoms with E-state index in [0.29, 0.717) is 24.3 Å².